The molecule has 0 saturated carbocycles. The van der Waals surface area contributed by atoms with Crippen LogP contribution < -0.4 is 39.1 Å². The van der Waals surface area contributed by atoms with Crippen LogP contribution in [-0.4, -0.2) is 77.3 Å². The van der Waals surface area contributed by atoms with Crippen molar-refractivity contribution in [2.45, 2.75) is 51.5 Å². The van der Waals surface area contributed by atoms with E-state index in [4.69, 9.17) is 54.5 Å². The average molecular weight is 1290 g/mol. The van der Waals surface area contributed by atoms with Gasteiger partial charge in [0, 0.05) is 145 Å². The number of anilines is 6. The number of para-hydroxylation sites is 2. The minimum absolute atomic E-state index is 0. The lowest BCUT2D eigenvalue weighted by Crippen LogP contribution is -2.01. The van der Waals surface area contributed by atoms with Gasteiger partial charge in [0.15, 0.2) is 23.0 Å². The fourth-order valence-electron chi connectivity index (χ4n) is 9.14. The number of aromatic carboxylic acids is 1. The van der Waals surface area contributed by atoms with Gasteiger partial charge in [0.05, 0.1) is 33.6 Å². The normalized spacial score (nSPS) is 9.78. The Hall–Kier alpha value is -13.0. The lowest BCUT2D eigenvalue weighted by atomic mass is 10.2. The van der Waals surface area contributed by atoms with Gasteiger partial charge < -0.3 is 105 Å². The molecule has 498 valence electrons. The van der Waals surface area contributed by atoms with Crippen LogP contribution in [0, 0.1) is 0 Å². The van der Waals surface area contributed by atoms with Crippen LogP contribution in [0.5, 0.6) is 28.7 Å². The molecular weight excluding hydrogens is 1200 g/mol. The summed E-state index contributed by atoms with van der Waals surface area (Å²) < 4.78 is 4.82. The van der Waals surface area contributed by atoms with Crippen LogP contribution in [0.3, 0.4) is 0 Å². The van der Waals surface area contributed by atoms with Crippen LogP contribution in [0.1, 0.15) is 62.0 Å². The van der Waals surface area contributed by atoms with E-state index < -0.39 is 11.9 Å². The monoisotopic (exact) mass is 1290 g/mol. The van der Waals surface area contributed by atoms with E-state index in [1.807, 2.05) is 177 Å². The lowest BCUT2D eigenvalue weighted by Gasteiger charge is -2.03. The van der Waals surface area contributed by atoms with Crippen molar-refractivity contribution in [2.24, 2.45) is 0 Å². The van der Waals surface area contributed by atoms with E-state index in [2.05, 4.69) is 39.9 Å². The molecule has 25 N–H and O–H groups in total. The molecule has 22 nitrogen and oxygen atoms in total. The van der Waals surface area contributed by atoms with Crippen molar-refractivity contribution in [2.75, 3.05) is 34.4 Å². The van der Waals surface area contributed by atoms with Crippen molar-refractivity contribution in [1.82, 2.24) is 39.9 Å². The molecule has 0 aliphatic heterocycles. The smallest absolute Gasteiger partial charge is 0.352 e. The van der Waals surface area contributed by atoms with Gasteiger partial charge >= 0.3 is 11.9 Å². The number of aromatic amines is 8. The number of nitrogens with two attached hydrogens (primary N) is 6. The lowest BCUT2D eigenvalue weighted by molar-refractivity contribution is -0.132. The quantitative estimate of drug-likeness (QED) is 0.0331. The first kappa shape index (κ1) is 76.3. The molecule has 0 radical (unpaired) electrons. The van der Waals surface area contributed by atoms with Crippen LogP contribution in [-0.2, 0) is 4.79 Å². The molecule has 22 heteroatoms. The Labute approximate surface area is 550 Å². The summed E-state index contributed by atoms with van der Waals surface area (Å²) >= 11 is 0. The molecule has 0 aliphatic carbocycles. The molecule has 16 rings (SSSR count). The summed E-state index contributed by atoms with van der Waals surface area (Å²) in [5.41, 5.74) is 45.7. The summed E-state index contributed by atoms with van der Waals surface area (Å²) in [4.78, 5) is 45.1. The van der Waals surface area contributed by atoms with Crippen molar-refractivity contribution in [3.63, 3.8) is 0 Å². The van der Waals surface area contributed by atoms with Gasteiger partial charge in [-0.05, 0) is 133 Å². The molecule has 8 aromatic carbocycles. The number of aromatic nitrogens is 8. The third kappa shape index (κ3) is 19.5. The number of carbonyl (C=O) groups excluding carboxylic acids is 1. The number of carboxylic acid groups (broad SMARTS) is 1. The predicted molar refractivity (Wildman–Crippen MR) is 398 cm³/mol. The number of nitrogens with one attached hydrogen (secondary N) is 8. The van der Waals surface area contributed by atoms with Gasteiger partial charge in [-0.1, -0.05) is 81.0 Å². The first-order valence-electron chi connectivity index (χ1n) is 27.3. The summed E-state index contributed by atoms with van der Waals surface area (Å²) in [7, 11) is 0. The highest BCUT2D eigenvalue weighted by Crippen LogP contribution is 2.32. The van der Waals surface area contributed by atoms with Gasteiger partial charge in [-0.2, -0.15) is 0 Å². The van der Waals surface area contributed by atoms with Crippen molar-refractivity contribution in [1.29, 1.82) is 0 Å². The molecule has 0 saturated heterocycles. The van der Waals surface area contributed by atoms with Gasteiger partial charge in [-0.15, -0.1) is 0 Å². The number of esters is 1. The Morgan fingerprint density at radius 1 is 0.347 bits per heavy atom. The highest BCUT2D eigenvalue weighted by Gasteiger charge is 2.11. The number of hydrogen-bond acceptors (Lipinski definition) is 13. The molecule has 0 amide bonds. The SMILES string of the molecule is C.C.C.C.C.C.CC(=O)Oc1cc2cc[nH]c2cc1O.Nc1cc2cc[nH]c2cc1N.Nc1ccc2[nH]ccc2c1.Nc1ccc2cc[nH]c2c1.Nc1cccc2[nH]ccc12.Nc1cccc2cc[nH]c12.O=C(O)c1cc2cc(O)c(O)cc2[nH]1.Oc1cccc2cc[nH]c12. The number of rotatable bonds is 2. The highest BCUT2D eigenvalue weighted by molar-refractivity contribution is 5.95. The standard InChI is InChI=1S/C10H9NO3.C9H7NO4.C8H9N3.4C8H8N2.C8H7NO.6CH4/c1-6(12)14-10-4-7-2-3-11-8(7)5-9(10)13;11-7-2-4-1-6(9(13)14)10-5(4)3-8(7)12;9-6-3-5-1-2-11-8(5)4-7(6)10;9-7-1-2-8-6(5-7)3-4-10-8;9-7-2-1-6-3-4-10-8(6)5-7;9-7-2-1-3-8-6(7)4-5-10-8;9-7-3-1-2-6-4-5-10-8(6)7;10-7-3-1-2-6-4-5-9-8(6)7;;;;;;/h2-5,11,13H,1H3;1-3,10-12H,(H,13,14);1-4,11H,9-10H2;4*1-5,10H,9H2;1-5,9-10H;6*1H4. The molecule has 0 unspecified atom stereocenters. The van der Waals surface area contributed by atoms with Gasteiger partial charge in [0.25, 0.3) is 0 Å². The van der Waals surface area contributed by atoms with Crippen molar-refractivity contribution < 1.29 is 39.9 Å². The second kappa shape index (κ2) is 34.8. The first-order chi connectivity index (χ1) is 42.9. The maximum atomic E-state index is 10.7. The van der Waals surface area contributed by atoms with Gasteiger partial charge in [-0.3, -0.25) is 4.79 Å². The van der Waals surface area contributed by atoms with Crippen LogP contribution >= 0.6 is 0 Å². The Morgan fingerprint density at radius 2 is 0.821 bits per heavy atom. The largest absolute Gasteiger partial charge is 0.506 e. The van der Waals surface area contributed by atoms with Crippen molar-refractivity contribution >= 4 is 133 Å². The second-order valence-electron chi connectivity index (χ2n) is 19.9. The number of fused-ring (bicyclic) bond motifs is 8. The number of hydrogen-bond donors (Lipinski definition) is 19. The van der Waals surface area contributed by atoms with Crippen LogP contribution in [0.2, 0.25) is 0 Å². The van der Waals surface area contributed by atoms with E-state index in [0.717, 1.165) is 82.9 Å². The van der Waals surface area contributed by atoms with E-state index >= 15 is 0 Å². The predicted octanol–water partition coefficient (Wildman–Crippen LogP) is 17.1. The van der Waals surface area contributed by atoms with Crippen molar-refractivity contribution in [3.8, 4) is 28.7 Å². The zero-order chi connectivity index (χ0) is 63.1. The molecule has 95 heavy (non-hydrogen) atoms. The van der Waals surface area contributed by atoms with Crippen LogP contribution in [0.25, 0.3) is 87.2 Å². The molecule has 16 aromatic rings. The minimum Gasteiger partial charge on any atom is -0.506 e. The van der Waals surface area contributed by atoms with E-state index in [0.29, 0.717) is 28.0 Å². The average Bonchev–Trinajstić information content (AvgIpc) is 1.78. The number of carboxylic acids is 1. The van der Waals surface area contributed by atoms with E-state index in [1.54, 1.807) is 18.3 Å². The number of nitrogen functional groups attached to an aromatic ring is 6. The number of H-pyrrole nitrogens is 8. The number of phenols is 4. The summed E-state index contributed by atoms with van der Waals surface area (Å²) in [5, 5.41) is 53.9. The van der Waals surface area contributed by atoms with Gasteiger partial charge in [-0.25, -0.2) is 4.79 Å². The molecule has 0 bridgehead atoms. The van der Waals surface area contributed by atoms with E-state index in [9.17, 15) is 19.8 Å². The molecule has 0 aliphatic rings. The first-order valence-corrected chi connectivity index (χ1v) is 27.3. The molecular formula is C73H88N14O8. The zero-order valence-corrected chi connectivity index (χ0v) is 47.7. The molecule has 8 aromatic heterocycles. The third-order valence-corrected chi connectivity index (χ3v) is 13.6. The topological polar surface area (TPSA) is 427 Å². The molecule has 8 heterocycles. The minimum atomic E-state index is -1.08. The number of ether oxygens (including phenoxy) is 1. The number of aromatic hydroxyl groups is 4. The molecule has 0 atom stereocenters. The Bertz CT molecular complexity index is 4700. The fraction of sp³-hybridized carbons (Fsp3) is 0.0959. The second-order valence-corrected chi connectivity index (χ2v) is 19.9. The van der Waals surface area contributed by atoms with E-state index in [1.165, 1.54) is 47.3 Å². The maximum absolute atomic E-state index is 10.7. The third-order valence-electron chi connectivity index (χ3n) is 13.6. The Morgan fingerprint density at radius 3 is 1.45 bits per heavy atom. The zero-order valence-electron chi connectivity index (χ0n) is 47.7. The summed E-state index contributed by atoms with van der Waals surface area (Å²) in [6.45, 7) is 1.29. The van der Waals surface area contributed by atoms with Crippen LogP contribution in [0.15, 0.2) is 219 Å². The number of carbonyl (C=O) groups is 2. The summed E-state index contributed by atoms with van der Waals surface area (Å²) in [6, 6.07) is 53.3. The fourth-order valence-corrected chi connectivity index (χ4v) is 9.14. The Kier molecular flexibility index (Phi) is 28.0. The number of phenolic OH excluding ortho intramolecular Hbond substituents is 4. The summed E-state index contributed by atoms with van der Waals surface area (Å²) in [6.07, 6.45) is 13.0. The summed E-state index contributed by atoms with van der Waals surface area (Å²) in [5.74, 6) is -1.64. The Balaban J connectivity index is 0.000000281. The number of benzene rings is 8. The van der Waals surface area contributed by atoms with Gasteiger partial charge in [0.2, 0.25) is 0 Å². The van der Waals surface area contributed by atoms with Crippen molar-refractivity contribution in [3.05, 3.63) is 225 Å². The van der Waals surface area contributed by atoms with Crippen LogP contribution in [0.4, 0.5) is 34.1 Å². The van der Waals surface area contributed by atoms with E-state index in [-0.39, 0.29) is 73.3 Å². The molecule has 0 spiro atoms. The molecule has 0 fully saturated rings. The highest BCUT2D eigenvalue weighted by atomic mass is 16.5. The van der Waals surface area contributed by atoms with Gasteiger partial charge in [0.1, 0.15) is 11.4 Å². The maximum Gasteiger partial charge on any atom is 0.352 e.